The van der Waals surface area contributed by atoms with Crippen LogP contribution in [0.2, 0.25) is 0 Å². The molecule has 0 fully saturated rings. The number of ether oxygens (including phenoxy) is 1. The molecule has 0 saturated heterocycles. The monoisotopic (exact) mass is 554 g/mol. The lowest BCUT2D eigenvalue weighted by Gasteiger charge is -2.25. The molecule has 7 heteroatoms. The summed E-state index contributed by atoms with van der Waals surface area (Å²) in [4.78, 5) is 39.6. The number of aliphatic hydroxyl groups is 1. The number of carbonyl (C=O) groups is 3. The number of esters is 1. The maximum Gasteiger partial charge on any atom is 0.309 e. The second-order valence-electron chi connectivity index (χ2n) is 10.5. The molecule has 2 amide bonds. The molecule has 0 aromatic heterocycles. The molecule has 0 radical (unpaired) electrons. The first-order chi connectivity index (χ1) is 20.0. The molecule has 0 spiro atoms. The van der Waals surface area contributed by atoms with Crippen LogP contribution in [-0.4, -0.2) is 42.1 Å². The number of nitrogens with one attached hydrogen (secondary N) is 2. The third-order valence-electron chi connectivity index (χ3n) is 7.29. The Hall–Kier alpha value is -4.23. The first kappa shape index (κ1) is 29.7. The zero-order valence-corrected chi connectivity index (χ0v) is 23.2. The first-order valence-electron chi connectivity index (χ1n) is 14.2. The molecule has 214 valence electrons. The minimum atomic E-state index is -0.628. The number of allylic oxidation sites excluding steroid dienone is 2. The largest absolute Gasteiger partial charge is 0.463 e. The molecule has 0 aliphatic carbocycles. The van der Waals surface area contributed by atoms with E-state index in [-0.39, 0.29) is 43.3 Å². The van der Waals surface area contributed by atoms with Crippen LogP contribution in [0.1, 0.15) is 42.0 Å². The maximum atomic E-state index is 13.5. The van der Waals surface area contributed by atoms with Crippen molar-refractivity contribution in [2.75, 3.05) is 13.2 Å². The summed E-state index contributed by atoms with van der Waals surface area (Å²) in [6.45, 7) is -0.214. The summed E-state index contributed by atoms with van der Waals surface area (Å²) in [7, 11) is 0. The number of carbonyl (C=O) groups excluding carboxylic acids is 3. The number of hydrogen-bond donors (Lipinski definition) is 3. The molecule has 4 atom stereocenters. The summed E-state index contributed by atoms with van der Waals surface area (Å²) in [6, 6.07) is 27.8. The number of aliphatic hydroxyl groups excluding tert-OH is 1. The Balaban J connectivity index is 1.49. The zero-order valence-electron chi connectivity index (χ0n) is 23.2. The lowest BCUT2D eigenvalue weighted by molar-refractivity contribution is -0.150. The molecule has 41 heavy (non-hydrogen) atoms. The lowest BCUT2D eigenvalue weighted by atomic mass is 9.94. The van der Waals surface area contributed by atoms with Crippen LogP contribution in [0.15, 0.2) is 103 Å². The molecule has 1 aliphatic heterocycles. The van der Waals surface area contributed by atoms with E-state index in [0.29, 0.717) is 25.7 Å². The lowest BCUT2D eigenvalue weighted by Crippen LogP contribution is -2.42. The van der Waals surface area contributed by atoms with Gasteiger partial charge in [0, 0.05) is 6.42 Å². The van der Waals surface area contributed by atoms with Gasteiger partial charge in [-0.05, 0) is 42.4 Å². The number of cyclic esters (lactones) is 1. The number of amides is 2. The molecule has 7 nitrogen and oxygen atoms in total. The van der Waals surface area contributed by atoms with Gasteiger partial charge in [0.1, 0.15) is 6.61 Å². The van der Waals surface area contributed by atoms with Gasteiger partial charge in [-0.15, -0.1) is 0 Å². The topological polar surface area (TPSA) is 105 Å². The summed E-state index contributed by atoms with van der Waals surface area (Å²) in [5.74, 6) is -1.90. The van der Waals surface area contributed by atoms with Crippen molar-refractivity contribution in [2.24, 2.45) is 11.8 Å². The van der Waals surface area contributed by atoms with Crippen LogP contribution in [-0.2, 0) is 32.0 Å². The van der Waals surface area contributed by atoms with E-state index in [4.69, 9.17) is 4.74 Å². The zero-order chi connectivity index (χ0) is 28.9. The molecule has 4 rings (SSSR count). The van der Waals surface area contributed by atoms with E-state index in [2.05, 4.69) is 10.6 Å². The van der Waals surface area contributed by atoms with Gasteiger partial charge in [-0.25, -0.2) is 0 Å². The van der Waals surface area contributed by atoms with Gasteiger partial charge in [-0.2, -0.15) is 0 Å². The molecule has 0 saturated carbocycles. The van der Waals surface area contributed by atoms with Crippen LogP contribution in [0, 0.1) is 11.8 Å². The van der Waals surface area contributed by atoms with Crippen LogP contribution in [0.25, 0.3) is 0 Å². The van der Waals surface area contributed by atoms with Gasteiger partial charge >= 0.3 is 5.97 Å². The van der Waals surface area contributed by atoms with Crippen molar-refractivity contribution in [1.82, 2.24) is 10.6 Å². The fraction of sp³-hybridized carbons (Fsp3) is 0.324. The van der Waals surface area contributed by atoms with Crippen molar-refractivity contribution < 1.29 is 24.2 Å². The fourth-order valence-electron chi connectivity index (χ4n) is 5.02. The van der Waals surface area contributed by atoms with Gasteiger partial charge in [-0.1, -0.05) is 103 Å². The summed E-state index contributed by atoms with van der Waals surface area (Å²) in [5, 5.41) is 15.8. The van der Waals surface area contributed by atoms with Crippen LogP contribution in [0.3, 0.4) is 0 Å². The Morgan fingerprint density at radius 2 is 1.44 bits per heavy atom. The molecule has 3 aromatic rings. The highest BCUT2D eigenvalue weighted by molar-refractivity contribution is 5.86. The second kappa shape index (κ2) is 15.5. The van der Waals surface area contributed by atoms with E-state index < -0.39 is 18.0 Å². The predicted molar refractivity (Wildman–Crippen MR) is 158 cm³/mol. The predicted octanol–water partition coefficient (Wildman–Crippen LogP) is 4.32. The van der Waals surface area contributed by atoms with Gasteiger partial charge < -0.3 is 20.5 Å². The highest BCUT2D eigenvalue weighted by Crippen LogP contribution is 2.22. The number of benzene rings is 3. The SMILES string of the molecule is O=C(C[C@H]1CC=CC[C@H](Cc2ccccc2)C(=O)OC[C@@H](c2ccccc2)NC1=O)N[C@@H](CO)Cc1ccccc1. The molecule has 1 aliphatic rings. The minimum Gasteiger partial charge on any atom is -0.463 e. The molecule has 3 N–H and O–H groups in total. The Morgan fingerprint density at radius 1 is 0.854 bits per heavy atom. The normalized spacial score (nSPS) is 20.6. The van der Waals surface area contributed by atoms with Gasteiger partial charge in [0.2, 0.25) is 11.8 Å². The van der Waals surface area contributed by atoms with Crippen LogP contribution < -0.4 is 10.6 Å². The molecule has 0 unspecified atom stereocenters. The van der Waals surface area contributed by atoms with Gasteiger partial charge in [-0.3, -0.25) is 14.4 Å². The average molecular weight is 555 g/mol. The third kappa shape index (κ3) is 9.43. The Morgan fingerprint density at radius 3 is 2.07 bits per heavy atom. The Bertz CT molecular complexity index is 1280. The van der Waals surface area contributed by atoms with Gasteiger partial charge in [0.05, 0.1) is 30.5 Å². The van der Waals surface area contributed by atoms with E-state index in [1.54, 1.807) is 0 Å². The van der Waals surface area contributed by atoms with E-state index in [0.717, 1.165) is 16.7 Å². The summed E-state index contributed by atoms with van der Waals surface area (Å²) in [5.41, 5.74) is 2.86. The third-order valence-corrected chi connectivity index (χ3v) is 7.29. The van der Waals surface area contributed by atoms with Crippen molar-refractivity contribution in [1.29, 1.82) is 0 Å². The molecule has 3 aromatic carbocycles. The second-order valence-corrected chi connectivity index (χ2v) is 10.5. The summed E-state index contributed by atoms with van der Waals surface area (Å²) in [6.07, 6.45) is 5.58. The Labute approximate surface area is 241 Å². The fourth-order valence-corrected chi connectivity index (χ4v) is 5.02. The molecule has 0 bridgehead atoms. The van der Waals surface area contributed by atoms with Crippen molar-refractivity contribution in [3.63, 3.8) is 0 Å². The van der Waals surface area contributed by atoms with Crippen LogP contribution in [0.5, 0.6) is 0 Å². The van der Waals surface area contributed by atoms with Gasteiger partial charge in [0.15, 0.2) is 0 Å². The molecule has 1 heterocycles. The van der Waals surface area contributed by atoms with Crippen LogP contribution in [0.4, 0.5) is 0 Å². The summed E-state index contributed by atoms with van der Waals surface area (Å²) >= 11 is 0. The standard InChI is InChI=1S/C34H38N2O5/c37-23-30(21-26-14-6-2-7-15-26)35-32(38)22-28-18-10-11-19-29(20-25-12-4-1-5-13-25)34(40)41-24-31(36-33(28)39)27-16-8-3-9-17-27/h1-17,28-31,37H,18-24H2,(H,35,38)(H,36,39)/t28-,29-,30-,31+/m1/s1. The van der Waals surface area contributed by atoms with E-state index in [9.17, 15) is 19.5 Å². The summed E-state index contributed by atoms with van der Waals surface area (Å²) < 4.78 is 5.76. The maximum absolute atomic E-state index is 13.5. The highest BCUT2D eigenvalue weighted by Gasteiger charge is 2.28. The van der Waals surface area contributed by atoms with E-state index in [1.807, 2.05) is 103 Å². The molecular formula is C34H38N2O5. The van der Waals surface area contributed by atoms with Crippen LogP contribution >= 0.6 is 0 Å². The van der Waals surface area contributed by atoms with Crippen molar-refractivity contribution in [3.05, 3.63) is 120 Å². The minimum absolute atomic E-state index is 0.00777. The number of hydrogen-bond acceptors (Lipinski definition) is 5. The number of rotatable bonds is 9. The quantitative estimate of drug-likeness (QED) is 0.270. The highest BCUT2D eigenvalue weighted by atomic mass is 16.5. The van der Waals surface area contributed by atoms with Gasteiger partial charge in [0.25, 0.3) is 0 Å². The van der Waals surface area contributed by atoms with Crippen molar-refractivity contribution in [3.8, 4) is 0 Å². The Kier molecular flexibility index (Phi) is 11.3. The van der Waals surface area contributed by atoms with Crippen molar-refractivity contribution >= 4 is 17.8 Å². The first-order valence-corrected chi connectivity index (χ1v) is 14.2. The smallest absolute Gasteiger partial charge is 0.309 e. The van der Waals surface area contributed by atoms with E-state index >= 15 is 0 Å². The molecular weight excluding hydrogens is 516 g/mol. The average Bonchev–Trinajstić information content (AvgIpc) is 3.00. The van der Waals surface area contributed by atoms with E-state index in [1.165, 1.54) is 0 Å². The van der Waals surface area contributed by atoms with Crippen molar-refractivity contribution in [2.45, 2.75) is 44.2 Å².